The van der Waals surface area contributed by atoms with Gasteiger partial charge in [0.1, 0.15) is 5.75 Å². The van der Waals surface area contributed by atoms with E-state index in [4.69, 9.17) is 4.74 Å². The van der Waals surface area contributed by atoms with Gasteiger partial charge in [-0.2, -0.15) is 0 Å². The van der Waals surface area contributed by atoms with E-state index in [9.17, 15) is 0 Å². The highest BCUT2D eigenvalue weighted by Gasteiger charge is 2.09. The fourth-order valence-electron chi connectivity index (χ4n) is 2.37. The predicted octanol–water partition coefficient (Wildman–Crippen LogP) is 5.53. The Labute approximate surface area is 150 Å². The molecule has 0 saturated carbocycles. The number of hydrogen-bond acceptors (Lipinski definition) is 1. The van der Waals surface area contributed by atoms with Crippen molar-refractivity contribution in [1.29, 1.82) is 0 Å². The minimum atomic E-state index is 0.0226. The van der Waals surface area contributed by atoms with Crippen molar-refractivity contribution in [2.45, 2.75) is 38.3 Å². The summed E-state index contributed by atoms with van der Waals surface area (Å²) in [6.07, 6.45) is 1.18. The summed E-state index contributed by atoms with van der Waals surface area (Å²) < 4.78 is 7.14. The lowest BCUT2D eigenvalue weighted by molar-refractivity contribution is 0.317. The molecule has 0 radical (unpaired) electrons. The van der Waals surface area contributed by atoms with Gasteiger partial charge in [0.2, 0.25) is 0 Å². The first-order chi connectivity index (χ1) is 10.5. The number of benzene rings is 2. The predicted molar refractivity (Wildman–Crippen MR) is 108 cm³/mol. The minimum absolute atomic E-state index is 0.0226. The number of halogens is 1. The van der Waals surface area contributed by atoms with Crippen LogP contribution in [0.5, 0.6) is 5.75 Å². The molecule has 2 rings (SSSR count). The summed E-state index contributed by atoms with van der Waals surface area (Å²) in [5, 5.41) is 0.564. The summed E-state index contributed by atoms with van der Waals surface area (Å²) in [6.45, 7) is 7.89. The maximum Gasteiger partial charge on any atom is 0.119 e. The molecule has 0 aliphatic rings. The zero-order chi connectivity index (χ0) is 16.0. The van der Waals surface area contributed by atoms with Crippen molar-refractivity contribution in [3.8, 4) is 16.9 Å². The minimum Gasteiger partial charge on any atom is -0.494 e. The first-order valence-corrected chi connectivity index (χ1v) is 10.7. The molecular formula is C19H25IOSi. The van der Waals surface area contributed by atoms with E-state index < -0.39 is 0 Å². The summed E-state index contributed by atoms with van der Waals surface area (Å²) >= 11 is 2.38. The van der Waals surface area contributed by atoms with Gasteiger partial charge in [-0.1, -0.05) is 57.1 Å². The molecule has 0 bridgehead atoms. The van der Waals surface area contributed by atoms with Gasteiger partial charge in [0, 0.05) is 13.1 Å². The van der Waals surface area contributed by atoms with Crippen LogP contribution in [0.25, 0.3) is 11.1 Å². The summed E-state index contributed by atoms with van der Waals surface area (Å²) in [6, 6.07) is 18.3. The summed E-state index contributed by atoms with van der Waals surface area (Å²) in [5.41, 5.74) is 2.53. The summed E-state index contributed by atoms with van der Waals surface area (Å²) in [5.74, 6) is 0.979. The molecule has 2 aromatic carbocycles. The third kappa shape index (κ3) is 5.76. The standard InChI is InChI=1S/C19H25IOSi/c1-19(2,3)22-14-6-13-21-16-11-9-15(10-12-16)17-7-4-5-8-18(17)20/h4-5,7-12H,6,13-14,22H2,1-3H3. The van der Waals surface area contributed by atoms with E-state index in [2.05, 4.69) is 91.9 Å². The number of ether oxygens (including phenoxy) is 1. The van der Waals surface area contributed by atoms with Gasteiger partial charge >= 0.3 is 0 Å². The molecule has 0 fully saturated rings. The van der Waals surface area contributed by atoms with Crippen molar-refractivity contribution in [3.63, 3.8) is 0 Å². The van der Waals surface area contributed by atoms with Gasteiger partial charge in [-0.05, 0) is 63.4 Å². The lowest BCUT2D eigenvalue weighted by Crippen LogP contribution is -2.09. The largest absolute Gasteiger partial charge is 0.494 e. The van der Waals surface area contributed by atoms with Gasteiger partial charge in [0.25, 0.3) is 0 Å². The van der Waals surface area contributed by atoms with Crippen LogP contribution < -0.4 is 4.74 Å². The van der Waals surface area contributed by atoms with E-state index in [0.29, 0.717) is 5.04 Å². The van der Waals surface area contributed by atoms with E-state index in [0.717, 1.165) is 12.4 Å². The molecule has 3 heteroatoms. The Morgan fingerprint density at radius 3 is 2.32 bits per heavy atom. The first-order valence-electron chi connectivity index (χ1n) is 7.93. The molecule has 0 aliphatic carbocycles. The number of hydrogen-bond donors (Lipinski definition) is 0. The van der Waals surface area contributed by atoms with Crippen LogP contribution in [-0.4, -0.2) is 16.1 Å². The van der Waals surface area contributed by atoms with Crippen LogP contribution >= 0.6 is 22.6 Å². The van der Waals surface area contributed by atoms with Gasteiger partial charge in [-0.25, -0.2) is 0 Å². The van der Waals surface area contributed by atoms with Crippen LogP contribution in [0.15, 0.2) is 48.5 Å². The maximum absolute atomic E-state index is 5.86. The Balaban J connectivity index is 1.84. The van der Waals surface area contributed by atoms with Crippen LogP contribution in [-0.2, 0) is 0 Å². The fourth-order valence-corrected chi connectivity index (χ4v) is 4.59. The van der Waals surface area contributed by atoms with Crippen molar-refractivity contribution in [2.24, 2.45) is 0 Å². The average Bonchev–Trinajstić information content (AvgIpc) is 2.47. The Morgan fingerprint density at radius 2 is 1.68 bits per heavy atom. The van der Waals surface area contributed by atoms with Crippen molar-refractivity contribution in [2.75, 3.05) is 6.61 Å². The van der Waals surface area contributed by atoms with Gasteiger partial charge in [0.15, 0.2) is 0 Å². The summed E-state index contributed by atoms with van der Waals surface area (Å²) in [4.78, 5) is 0. The number of rotatable bonds is 6. The zero-order valence-electron chi connectivity index (χ0n) is 13.7. The highest BCUT2D eigenvalue weighted by atomic mass is 127. The van der Waals surface area contributed by atoms with Crippen molar-refractivity contribution in [1.82, 2.24) is 0 Å². The molecule has 2 aromatic rings. The average molecular weight is 424 g/mol. The maximum atomic E-state index is 5.86. The fraction of sp³-hybridized carbons (Fsp3) is 0.368. The molecule has 0 N–H and O–H groups in total. The lowest BCUT2D eigenvalue weighted by atomic mass is 10.1. The molecule has 0 amide bonds. The molecule has 22 heavy (non-hydrogen) atoms. The third-order valence-electron chi connectivity index (χ3n) is 3.63. The highest BCUT2D eigenvalue weighted by Crippen LogP contribution is 2.27. The normalized spacial score (nSPS) is 12.0. The van der Waals surface area contributed by atoms with E-state index >= 15 is 0 Å². The van der Waals surface area contributed by atoms with Crippen LogP contribution in [0.4, 0.5) is 0 Å². The molecule has 0 saturated heterocycles. The van der Waals surface area contributed by atoms with E-state index in [-0.39, 0.29) is 9.52 Å². The van der Waals surface area contributed by atoms with Crippen molar-refractivity contribution < 1.29 is 4.74 Å². The van der Waals surface area contributed by atoms with Crippen molar-refractivity contribution in [3.05, 3.63) is 52.1 Å². The van der Waals surface area contributed by atoms with Crippen LogP contribution in [0.3, 0.4) is 0 Å². The quantitative estimate of drug-likeness (QED) is 0.337. The van der Waals surface area contributed by atoms with Gasteiger partial charge in [0.05, 0.1) is 6.61 Å². The van der Waals surface area contributed by atoms with Crippen LogP contribution in [0.2, 0.25) is 11.1 Å². The Bertz CT molecular complexity index is 587. The molecule has 0 aromatic heterocycles. The third-order valence-corrected chi connectivity index (χ3v) is 6.92. The Hall–Kier alpha value is -0.813. The van der Waals surface area contributed by atoms with Crippen LogP contribution in [0, 0.1) is 3.57 Å². The lowest BCUT2D eigenvalue weighted by Gasteiger charge is -2.16. The molecule has 0 atom stereocenters. The monoisotopic (exact) mass is 424 g/mol. The molecule has 0 spiro atoms. The van der Waals surface area contributed by atoms with Gasteiger partial charge in [-0.15, -0.1) is 0 Å². The second-order valence-corrected chi connectivity index (χ2v) is 11.4. The van der Waals surface area contributed by atoms with E-state index in [1.165, 1.54) is 27.2 Å². The van der Waals surface area contributed by atoms with Crippen LogP contribution in [0.1, 0.15) is 27.2 Å². The van der Waals surface area contributed by atoms with Crippen molar-refractivity contribution >= 4 is 32.1 Å². The first kappa shape index (κ1) is 17.5. The second-order valence-electron chi connectivity index (χ2n) is 6.87. The topological polar surface area (TPSA) is 9.23 Å². The molecule has 0 aliphatic heterocycles. The van der Waals surface area contributed by atoms with E-state index in [1.54, 1.807) is 0 Å². The molecule has 0 unspecified atom stereocenters. The van der Waals surface area contributed by atoms with E-state index in [1.807, 2.05) is 0 Å². The zero-order valence-corrected chi connectivity index (χ0v) is 17.3. The Morgan fingerprint density at radius 1 is 1.00 bits per heavy atom. The smallest absolute Gasteiger partial charge is 0.119 e. The Kier molecular flexibility index (Phi) is 6.50. The highest BCUT2D eigenvalue weighted by molar-refractivity contribution is 14.1. The van der Waals surface area contributed by atoms with Gasteiger partial charge in [-0.3, -0.25) is 0 Å². The second kappa shape index (κ2) is 8.16. The van der Waals surface area contributed by atoms with Gasteiger partial charge < -0.3 is 4.74 Å². The molecule has 1 nitrogen and oxygen atoms in total. The summed E-state index contributed by atoms with van der Waals surface area (Å²) in [7, 11) is 0.0226. The molecule has 118 valence electrons. The molecule has 0 heterocycles. The SMILES string of the molecule is CC(C)(C)[SiH2]CCCOc1ccc(-c2ccccc2I)cc1. The molecular weight excluding hydrogens is 399 g/mol.